The molecule has 2 rings (SSSR count). The summed E-state index contributed by atoms with van der Waals surface area (Å²) in [6, 6.07) is 13.2. The maximum absolute atomic E-state index is 10.6. The first-order valence-corrected chi connectivity index (χ1v) is 12.3. The van der Waals surface area contributed by atoms with Gasteiger partial charge in [0.15, 0.2) is 17.3 Å². The molecule has 7 nitrogen and oxygen atoms in total. The molecule has 0 amide bonds. The van der Waals surface area contributed by atoms with Crippen LogP contribution >= 0.6 is 0 Å². The molecule has 0 heterocycles. The molecule has 0 fully saturated rings. The van der Waals surface area contributed by atoms with E-state index in [1.54, 1.807) is 33.5 Å². The second-order valence-electron chi connectivity index (χ2n) is 7.71. The van der Waals surface area contributed by atoms with Crippen LogP contribution in [-0.2, 0) is 16.1 Å². The molecule has 2 aromatic carbocycles. The molecule has 0 atom stereocenters. The van der Waals surface area contributed by atoms with Crippen LogP contribution in [0.1, 0.15) is 58.1 Å². The van der Waals surface area contributed by atoms with Crippen molar-refractivity contribution in [3.8, 4) is 17.2 Å². The lowest BCUT2D eigenvalue weighted by Gasteiger charge is -2.09. The summed E-state index contributed by atoms with van der Waals surface area (Å²) in [5.41, 5.74) is 2.88. The van der Waals surface area contributed by atoms with Crippen molar-refractivity contribution in [2.45, 2.75) is 53.4 Å². The van der Waals surface area contributed by atoms with Gasteiger partial charge in [0.25, 0.3) is 0 Å². The van der Waals surface area contributed by atoms with E-state index in [-0.39, 0.29) is 0 Å². The fourth-order valence-electron chi connectivity index (χ4n) is 2.49. The van der Waals surface area contributed by atoms with E-state index in [1.165, 1.54) is 24.5 Å². The van der Waals surface area contributed by atoms with Gasteiger partial charge in [-0.25, -0.2) is 0 Å². The lowest BCUT2D eigenvalue weighted by molar-refractivity contribution is -0.104. The molecule has 0 aliphatic carbocycles. The average Bonchev–Trinajstić information content (AvgIpc) is 2.94. The second kappa shape index (κ2) is 21.0. The number of carbonyl (C=O) groups excluding carboxylic acids is 1. The summed E-state index contributed by atoms with van der Waals surface area (Å²) in [6.45, 7) is 9.18. The molecule has 7 heteroatoms. The van der Waals surface area contributed by atoms with E-state index in [9.17, 15) is 4.79 Å². The number of hydrogen-bond donors (Lipinski definition) is 1. The summed E-state index contributed by atoms with van der Waals surface area (Å²) in [5.74, 6) is 2.74. The smallest absolute Gasteiger partial charge is 0.168 e. The molecule has 0 saturated carbocycles. The van der Waals surface area contributed by atoms with Gasteiger partial charge in [-0.05, 0) is 75.3 Å². The van der Waals surface area contributed by atoms with Gasteiger partial charge in [-0.1, -0.05) is 44.8 Å². The third-order valence-corrected chi connectivity index (χ3v) is 5.02. The fraction of sp³-hybridized carbons (Fsp3) is 0.448. The Balaban J connectivity index is 0.000000606. The van der Waals surface area contributed by atoms with E-state index in [0.29, 0.717) is 12.0 Å². The molecule has 0 aromatic heterocycles. The zero-order valence-corrected chi connectivity index (χ0v) is 23.2. The summed E-state index contributed by atoms with van der Waals surface area (Å²) >= 11 is 0. The Labute approximate surface area is 217 Å². The van der Waals surface area contributed by atoms with Crippen molar-refractivity contribution >= 4 is 17.8 Å². The Hall–Kier alpha value is -3.32. The van der Waals surface area contributed by atoms with E-state index in [0.717, 1.165) is 47.9 Å². The first kappa shape index (κ1) is 32.7. The van der Waals surface area contributed by atoms with E-state index < -0.39 is 0 Å². The topological polar surface area (TPSA) is 78.4 Å². The maximum atomic E-state index is 10.6. The van der Waals surface area contributed by atoms with E-state index in [2.05, 4.69) is 30.4 Å². The fourth-order valence-corrected chi connectivity index (χ4v) is 2.49. The van der Waals surface area contributed by atoms with E-state index in [4.69, 9.17) is 19.0 Å². The number of hydrogen-bond acceptors (Lipinski definition) is 7. The predicted octanol–water partition coefficient (Wildman–Crippen LogP) is 6.31. The van der Waals surface area contributed by atoms with Gasteiger partial charge < -0.3 is 24.4 Å². The molecular weight excluding hydrogens is 456 g/mol. The highest BCUT2D eigenvalue weighted by Gasteiger charge is 2.04. The van der Waals surface area contributed by atoms with E-state index >= 15 is 0 Å². The number of nitrogens with one attached hydrogen (secondary N) is 1. The molecule has 0 aliphatic heterocycles. The number of nitrogens with zero attached hydrogens (tertiary/aromatic N) is 1. The molecule has 0 radical (unpaired) electrons. The normalized spacial score (nSPS) is 10.8. The molecule has 200 valence electrons. The minimum absolute atomic E-state index is 0.417. The highest BCUT2D eigenvalue weighted by atomic mass is 16.6. The SMILES string of the molecule is CC/C(C)=N/O/C(=C/C=O)c1ccc(OC)cc1.CCCC.CNCCc1ccc(OC)c(OC)c1. The highest BCUT2D eigenvalue weighted by molar-refractivity contribution is 5.82. The predicted molar refractivity (Wildman–Crippen MR) is 149 cm³/mol. The number of benzene rings is 2. The van der Waals surface area contributed by atoms with Gasteiger partial charge >= 0.3 is 0 Å². The summed E-state index contributed by atoms with van der Waals surface area (Å²) in [4.78, 5) is 15.9. The number of ether oxygens (including phenoxy) is 3. The molecule has 36 heavy (non-hydrogen) atoms. The lowest BCUT2D eigenvalue weighted by Crippen LogP contribution is -2.10. The van der Waals surface area contributed by atoms with Crippen molar-refractivity contribution in [2.24, 2.45) is 5.16 Å². The number of aldehydes is 1. The van der Waals surface area contributed by atoms with Gasteiger partial charge in [0, 0.05) is 11.6 Å². The number of allylic oxidation sites excluding steroid dienone is 1. The lowest BCUT2D eigenvalue weighted by atomic mass is 10.1. The van der Waals surface area contributed by atoms with Crippen LogP contribution in [0, 0.1) is 0 Å². The van der Waals surface area contributed by atoms with Crippen molar-refractivity contribution < 1.29 is 23.8 Å². The van der Waals surface area contributed by atoms with Crippen molar-refractivity contribution in [1.82, 2.24) is 5.32 Å². The Morgan fingerprint density at radius 2 is 1.56 bits per heavy atom. The number of likely N-dealkylation sites (N-methyl/N-ethyl adjacent to an activating group) is 1. The molecule has 0 unspecified atom stereocenters. The Kier molecular flexibility index (Phi) is 19.1. The van der Waals surface area contributed by atoms with Crippen LogP contribution in [0.15, 0.2) is 53.7 Å². The van der Waals surface area contributed by atoms with Crippen LogP contribution < -0.4 is 19.5 Å². The molecule has 1 N–H and O–H groups in total. The van der Waals surface area contributed by atoms with Crippen LogP contribution in [0.25, 0.3) is 5.76 Å². The monoisotopic (exact) mass is 500 g/mol. The minimum atomic E-state index is 0.417. The Bertz CT molecular complexity index is 906. The molecule has 0 aliphatic rings. The molecule has 0 bridgehead atoms. The van der Waals surface area contributed by atoms with E-state index in [1.807, 2.05) is 45.2 Å². The van der Waals surface area contributed by atoms with Crippen molar-refractivity contribution in [1.29, 1.82) is 0 Å². The van der Waals surface area contributed by atoms with Gasteiger partial charge in [0.05, 0.1) is 27.0 Å². The number of carbonyl (C=O) groups is 1. The summed E-state index contributed by atoms with van der Waals surface area (Å²) in [7, 11) is 6.84. The largest absolute Gasteiger partial charge is 0.497 e. The second-order valence-corrected chi connectivity index (χ2v) is 7.71. The first-order valence-electron chi connectivity index (χ1n) is 12.3. The minimum Gasteiger partial charge on any atom is -0.497 e. The van der Waals surface area contributed by atoms with Crippen molar-refractivity contribution in [3.63, 3.8) is 0 Å². The zero-order chi connectivity index (χ0) is 27.2. The van der Waals surface area contributed by atoms with Gasteiger partial charge in [-0.3, -0.25) is 4.79 Å². The van der Waals surface area contributed by atoms with Crippen LogP contribution in [0.5, 0.6) is 17.2 Å². The van der Waals surface area contributed by atoms with Crippen LogP contribution in [-0.4, -0.2) is 46.9 Å². The number of rotatable bonds is 12. The summed E-state index contributed by atoms with van der Waals surface area (Å²) in [5, 5.41) is 7.05. The highest BCUT2D eigenvalue weighted by Crippen LogP contribution is 2.27. The zero-order valence-electron chi connectivity index (χ0n) is 23.2. The number of oxime groups is 1. The van der Waals surface area contributed by atoms with Crippen molar-refractivity contribution in [2.75, 3.05) is 34.9 Å². The summed E-state index contributed by atoms with van der Waals surface area (Å²) < 4.78 is 15.4. The van der Waals surface area contributed by atoms with Crippen LogP contribution in [0.3, 0.4) is 0 Å². The van der Waals surface area contributed by atoms with Gasteiger partial charge in [-0.15, -0.1) is 0 Å². The maximum Gasteiger partial charge on any atom is 0.168 e. The first-order chi connectivity index (χ1) is 17.4. The van der Waals surface area contributed by atoms with Gasteiger partial charge in [0.1, 0.15) is 12.0 Å². The Morgan fingerprint density at radius 1 is 0.917 bits per heavy atom. The standard InChI is InChI=1S/C14H17NO3.C11H17NO2.C4H10/c1-4-11(2)15-18-14(9-10-16)12-5-7-13(17-3)8-6-12;1-12-7-6-9-4-5-10(13-2)11(8-9)14-3;1-3-4-2/h5-10H,4H2,1-3H3;4-5,8,12H,6-7H2,1-3H3;3-4H2,1-2H3/b14-9+,15-11+;;. The van der Waals surface area contributed by atoms with Crippen LogP contribution in [0.2, 0.25) is 0 Å². The average molecular weight is 501 g/mol. The van der Waals surface area contributed by atoms with Gasteiger partial charge in [-0.2, -0.15) is 0 Å². The number of methoxy groups -OCH3 is 3. The third-order valence-electron chi connectivity index (χ3n) is 5.02. The van der Waals surface area contributed by atoms with Gasteiger partial charge in [0.2, 0.25) is 0 Å². The quantitative estimate of drug-likeness (QED) is 0.121. The molecule has 0 spiro atoms. The molecular formula is C29H44N2O5. The Morgan fingerprint density at radius 3 is 2.03 bits per heavy atom. The number of unbranched alkanes of at least 4 members (excludes halogenated alkanes) is 1. The van der Waals surface area contributed by atoms with Crippen LogP contribution in [0.4, 0.5) is 0 Å². The molecule has 0 saturated heterocycles. The molecule has 2 aromatic rings. The van der Waals surface area contributed by atoms with Crippen molar-refractivity contribution in [3.05, 3.63) is 59.7 Å². The third kappa shape index (κ3) is 13.5. The summed E-state index contributed by atoms with van der Waals surface area (Å²) in [6.07, 6.45) is 6.46.